The van der Waals surface area contributed by atoms with Gasteiger partial charge in [-0.2, -0.15) is 0 Å². The summed E-state index contributed by atoms with van der Waals surface area (Å²) in [6.07, 6.45) is 5.60. The number of carboxylic acid groups (broad SMARTS) is 1. The number of ether oxygens (including phenoxy) is 1. The summed E-state index contributed by atoms with van der Waals surface area (Å²) in [5, 5.41) is 11.0. The van der Waals surface area contributed by atoms with Crippen molar-refractivity contribution in [2.75, 3.05) is 19.7 Å². The molecule has 24 heavy (non-hydrogen) atoms. The number of nitrogens with zero attached hydrogens (tertiary/aromatic N) is 2. The van der Waals surface area contributed by atoms with E-state index in [1.807, 2.05) is 0 Å². The van der Waals surface area contributed by atoms with Crippen molar-refractivity contribution in [2.45, 2.75) is 58.1 Å². The summed E-state index contributed by atoms with van der Waals surface area (Å²) < 4.78 is 11.5. The first-order valence-electron chi connectivity index (χ1n) is 8.56. The number of rotatable bonds is 3. The summed E-state index contributed by atoms with van der Waals surface area (Å²) in [7, 11) is 0. The van der Waals surface area contributed by atoms with Crippen molar-refractivity contribution in [2.24, 2.45) is 0 Å². The van der Waals surface area contributed by atoms with Crippen molar-refractivity contribution in [3.8, 4) is 0 Å². The Morgan fingerprint density at radius 2 is 2.08 bits per heavy atom. The highest BCUT2D eigenvalue weighted by molar-refractivity contribution is 5.32. The third kappa shape index (κ3) is 4.92. The quantitative estimate of drug-likeness (QED) is 0.675. The van der Waals surface area contributed by atoms with E-state index in [1.54, 1.807) is 0 Å². The molecule has 134 valence electrons. The summed E-state index contributed by atoms with van der Waals surface area (Å²) in [4.78, 5) is 10.8. The molecule has 0 aliphatic carbocycles. The van der Waals surface area contributed by atoms with Gasteiger partial charge in [-0.25, -0.2) is 0 Å². The molecular formula is C18H28N2O4. The number of hydrogen-bond acceptors (Lipinski definition) is 5. The topological polar surface area (TPSA) is 75.8 Å². The van der Waals surface area contributed by atoms with Gasteiger partial charge < -0.3 is 14.4 Å². The molecule has 0 radical (unpaired) electrons. The number of piperidine rings is 1. The van der Waals surface area contributed by atoms with Gasteiger partial charge in [0, 0.05) is 19.2 Å². The van der Waals surface area contributed by atoms with Crippen LogP contribution in [0.4, 0.5) is 0 Å². The molecule has 0 aromatic carbocycles. The summed E-state index contributed by atoms with van der Waals surface area (Å²) >= 11 is 0. The standard InChI is InChI=1S/C17H26N2O2.CH2O2/c1-13(2)16-10-15(21-18-16)12-19-7-5-17(6-8-19)11-14(3)4-9-20-17;2-1-3/h10-11,13H,4-9,12H2,1-3H3;1H,(H,2,3). The average Bonchev–Trinajstić information content (AvgIpc) is 2.99. The molecular weight excluding hydrogens is 308 g/mol. The van der Waals surface area contributed by atoms with E-state index in [-0.39, 0.29) is 12.1 Å². The number of carbonyl (C=O) groups is 1. The summed E-state index contributed by atoms with van der Waals surface area (Å²) in [6.45, 7) is 10.1. The van der Waals surface area contributed by atoms with Crippen LogP contribution in [0.2, 0.25) is 0 Å². The lowest BCUT2D eigenvalue weighted by Gasteiger charge is -2.41. The Morgan fingerprint density at radius 3 is 2.62 bits per heavy atom. The van der Waals surface area contributed by atoms with E-state index < -0.39 is 0 Å². The highest BCUT2D eigenvalue weighted by atomic mass is 16.5. The Bertz CT molecular complexity index is 557. The predicted molar refractivity (Wildman–Crippen MR) is 90.9 cm³/mol. The average molecular weight is 336 g/mol. The number of aromatic nitrogens is 1. The molecule has 6 heteroatoms. The van der Waals surface area contributed by atoms with Gasteiger partial charge in [-0.1, -0.05) is 30.7 Å². The van der Waals surface area contributed by atoms with Crippen molar-refractivity contribution < 1.29 is 19.2 Å². The predicted octanol–water partition coefficient (Wildman–Crippen LogP) is 3.20. The maximum atomic E-state index is 8.36. The minimum Gasteiger partial charge on any atom is -0.483 e. The molecule has 0 saturated carbocycles. The molecule has 3 heterocycles. The van der Waals surface area contributed by atoms with E-state index in [0.717, 1.165) is 57.0 Å². The Balaban J connectivity index is 0.000000647. The Hall–Kier alpha value is -1.66. The zero-order chi connectivity index (χ0) is 17.6. The van der Waals surface area contributed by atoms with Crippen molar-refractivity contribution in [1.82, 2.24) is 10.1 Å². The van der Waals surface area contributed by atoms with Crippen LogP contribution < -0.4 is 0 Å². The Labute approximate surface area is 143 Å². The van der Waals surface area contributed by atoms with Gasteiger partial charge in [-0.05, 0) is 32.1 Å². The van der Waals surface area contributed by atoms with Crippen molar-refractivity contribution >= 4 is 6.47 Å². The van der Waals surface area contributed by atoms with Crippen LogP contribution in [0.15, 0.2) is 22.2 Å². The van der Waals surface area contributed by atoms with Crippen LogP contribution in [0.1, 0.15) is 57.4 Å². The first-order chi connectivity index (χ1) is 11.5. The fourth-order valence-electron chi connectivity index (χ4n) is 3.25. The zero-order valence-electron chi connectivity index (χ0n) is 14.8. The molecule has 0 atom stereocenters. The van der Waals surface area contributed by atoms with Gasteiger partial charge in [0.1, 0.15) is 0 Å². The normalized spacial score (nSPS) is 20.4. The molecule has 1 fully saturated rings. The highest BCUT2D eigenvalue weighted by Crippen LogP contribution is 2.33. The number of likely N-dealkylation sites (tertiary alicyclic amines) is 1. The van der Waals surface area contributed by atoms with Crippen LogP contribution in [-0.4, -0.2) is 46.9 Å². The van der Waals surface area contributed by atoms with Crippen LogP contribution in [-0.2, 0) is 16.1 Å². The van der Waals surface area contributed by atoms with Crippen LogP contribution in [0.25, 0.3) is 0 Å². The van der Waals surface area contributed by atoms with Gasteiger partial charge in [0.25, 0.3) is 6.47 Å². The minimum atomic E-state index is -0.250. The van der Waals surface area contributed by atoms with E-state index in [1.165, 1.54) is 5.57 Å². The molecule has 6 nitrogen and oxygen atoms in total. The smallest absolute Gasteiger partial charge is 0.290 e. The maximum Gasteiger partial charge on any atom is 0.290 e. The molecule has 2 aliphatic rings. The first kappa shape index (κ1) is 18.7. The maximum absolute atomic E-state index is 8.36. The monoisotopic (exact) mass is 336 g/mol. The lowest BCUT2D eigenvalue weighted by Crippen LogP contribution is -2.46. The molecule has 2 aliphatic heterocycles. The molecule has 1 aromatic rings. The van der Waals surface area contributed by atoms with Gasteiger partial charge in [0.2, 0.25) is 0 Å². The second-order valence-corrected chi connectivity index (χ2v) is 6.91. The van der Waals surface area contributed by atoms with E-state index in [2.05, 4.69) is 43.0 Å². The van der Waals surface area contributed by atoms with Crippen LogP contribution >= 0.6 is 0 Å². The molecule has 1 saturated heterocycles. The second kappa shape index (κ2) is 8.44. The van der Waals surface area contributed by atoms with Crippen molar-refractivity contribution in [3.63, 3.8) is 0 Å². The minimum absolute atomic E-state index is 0.00331. The third-order valence-electron chi connectivity index (χ3n) is 4.65. The van der Waals surface area contributed by atoms with Gasteiger partial charge in [-0.3, -0.25) is 9.69 Å². The van der Waals surface area contributed by atoms with E-state index in [4.69, 9.17) is 19.2 Å². The van der Waals surface area contributed by atoms with Crippen LogP contribution in [0, 0.1) is 0 Å². The Morgan fingerprint density at radius 1 is 1.42 bits per heavy atom. The van der Waals surface area contributed by atoms with E-state index in [0.29, 0.717) is 5.92 Å². The van der Waals surface area contributed by atoms with E-state index >= 15 is 0 Å². The van der Waals surface area contributed by atoms with Crippen molar-refractivity contribution in [1.29, 1.82) is 0 Å². The molecule has 1 N–H and O–H groups in total. The lowest BCUT2D eigenvalue weighted by molar-refractivity contribution is -0.122. The molecule has 0 amide bonds. The lowest BCUT2D eigenvalue weighted by atomic mass is 9.87. The summed E-state index contributed by atoms with van der Waals surface area (Å²) in [6, 6.07) is 2.09. The van der Waals surface area contributed by atoms with Gasteiger partial charge in [0.15, 0.2) is 5.76 Å². The first-order valence-corrected chi connectivity index (χ1v) is 8.56. The molecule has 1 spiro atoms. The highest BCUT2D eigenvalue weighted by Gasteiger charge is 2.35. The van der Waals surface area contributed by atoms with Crippen LogP contribution in [0.5, 0.6) is 0 Å². The third-order valence-corrected chi connectivity index (χ3v) is 4.65. The SMILES string of the molecule is CC1=CC2(CCN(Cc3cc(C(C)C)no3)CC2)OCC1.O=CO. The van der Waals surface area contributed by atoms with Gasteiger partial charge >= 0.3 is 0 Å². The zero-order valence-corrected chi connectivity index (χ0v) is 14.8. The Kier molecular flexibility index (Phi) is 6.57. The fourth-order valence-corrected chi connectivity index (χ4v) is 3.25. The molecule has 1 aromatic heterocycles. The van der Waals surface area contributed by atoms with Gasteiger partial charge in [0.05, 0.1) is 24.4 Å². The molecule has 0 unspecified atom stereocenters. The summed E-state index contributed by atoms with van der Waals surface area (Å²) in [5.41, 5.74) is 2.53. The van der Waals surface area contributed by atoms with Crippen LogP contribution in [0.3, 0.4) is 0 Å². The molecule has 3 rings (SSSR count). The van der Waals surface area contributed by atoms with E-state index in [9.17, 15) is 0 Å². The van der Waals surface area contributed by atoms with Gasteiger partial charge in [-0.15, -0.1) is 0 Å². The van der Waals surface area contributed by atoms with Crippen molar-refractivity contribution in [3.05, 3.63) is 29.2 Å². The molecule has 0 bridgehead atoms. The fraction of sp³-hybridized carbons (Fsp3) is 0.667. The summed E-state index contributed by atoms with van der Waals surface area (Å²) in [5.74, 6) is 1.40. The largest absolute Gasteiger partial charge is 0.483 e. The second-order valence-electron chi connectivity index (χ2n) is 6.91. The number of hydrogen-bond donors (Lipinski definition) is 1.